The second kappa shape index (κ2) is 7.11. The van der Waals surface area contributed by atoms with Crippen molar-refractivity contribution in [3.63, 3.8) is 0 Å². The van der Waals surface area contributed by atoms with Gasteiger partial charge in [-0.3, -0.25) is 4.79 Å². The molecule has 1 unspecified atom stereocenters. The summed E-state index contributed by atoms with van der Waals surface area (Å²) in [6.45, 7) is 3.73. The van der Waals surface area contributed by atoms with Crippen LogP contribution in [0.5, 0.6) is 5.75 Å². The Morgan fingerprint density at radius 3 is 2.78 bits per heavy atom. The number of pyridine rings is 1. The first-order chi connectivity index (χ1) is 13.1. The number of nitrogens with zero attached hydrogens (tertiary/aromatic N) is 1. The van der Waals surface area contributed by atoms with E-state index in [2.05, 4.69) is 10.3 Å². The van der Waals surface area contributed by atoms with E-state index >= 15 is 0 Å². The third kappa shape index (κ3) is 3.62. The Bertz CT molecular complexity index is 1080. The molecule has 0 aliphatic heterocycles. The van der Waals surface area contributed by atoms with Gasteiger partial charge in [-0.15, -0.1) is 0 Å². The SMILES string of the molecule is Cc1ccc2cccc(OCC(=O)NC(C)c3cc4ccccc4o3)c2n1. The molecule has 2 aromatic carbocycles. The molecule has 1 atom stereocenters. The number of carbonyl (C=O) groups is 1. The summed E-state index contributed by atoms with van der Waals surface area (Å²) in [6, 6.07) is 19.1. The number of rotatable bonds is 5. The summed E-state index contributed by atoms with van der Waals surface area (Å²) >= 11 is 0. The van der Waals surface area contributed by atoms with Crippen molar-refractivity contribution in [2.75, 3.05) is 6.61 Å². The molecular formula is C22H20N2O3. The molecule has 0 saturated heterocycles. The maximum atomic E-state index is 12.3. The molecule has 0 spiro atoms. The lowest BCUT2D eigenvalue weighted by molar-refractivity contribution is -0.123. The number of benzene rings is 2. The number of carbonyl (C=O) groups excluding carboxylic acids is 1. The van der Waals surface area contributed by atoms with Crippen LogP contribution in [0.1, 0.15) is 24.4 Å². The Labute approximate surface area is 157 Å². The lowest BCUT2D eigenvalue weighted by Gasteiger charge is -2.13. The van der Waals surface area contributed by atoms with Crippen molar-refractivity contribution in [2.45, 2.75) is 19.9 Å². The zero-order valence-corrected chi connectivity index (χ0v) is 15.2. The van der Waals surface area contributed by atoms with E-state index in [-0.39, 0.29) is 18.6 Å². The van der Waals surface area contributed by atoms with Crippen molar-refractivity contribution in [3.8, 4) is 5.75 Å². The van der Waals surface area contributed by atoms with E-state index in [0.717, 1.165) is 27.6 Å². The van der Waals surface area contributed by atoms with Crippen molar-refractivity contribution in [3.05, 3.63) is 72.1 Å². The lowest BCUT2D eigenvalue weighted by Crippen LogP contribution is -2.31. The molecular weight excluding hydrogens is 340 g/mol. The first-order valence-corrected chi connectivity index (χ1v) is 8.87. The van der Waals surface area contributed by atoms with Gasteiger partial charge in [-0.25, -0.2) is 4.98 Å². The number of aromatic nitrogens is 1. The molecule has 0 radical (unpaired) electrons. The van der Waals surface area contributed by atoms with Gasteiger partial charge in [-0.1, -0.05) is 36.4 Å². The van der Waals surface area contributed by atoms with E-state index in [4.69, 9.17) is 9.15 Å². The predicted molar refractivity (Wildman–Crippen MR) is 105 cm³/mol. The summed E-state index contributed by atoms with van der Waals surface area (Å²) in [5.74, 6) is 1.10. The summed E-state index contributed by atoms with van der Waals surface area (Å²) in [5.41, 5.74) is 2.47. The molecule has 1 N–H and O–H groups in total. The zero-order chi connectivity index (χ0) is 18.8. The molecule has 5 nitrogen and oxygen atoms in total. The van der Waals surface area contributed by atoms with Gasteiger partial charge in [0.1, 0.15) is 22.6 Å². The smallest absolute Gasteiger partial charge is 0.258 e. The van der Waals surface area contributed by atoms with Gasteiger partial charge in [0.15, 0.2) is 6.61 Å². The summed E-state index contributed by atoms with van der Waals surface area (Å²) in [6.07, 6.45) is 0. The van der Waals surface area contributed by atoms with E-state index in [1.165, 1.54) is 0 Å². The number of amides is 1. The largest absolute Gasteiger partial charge is 0.481 e. The average molecular weight is 360 g/mol. The number of furan rings is 1. The fraction of sp³-hybridized carbons (Fsp3) is 0.182. The standard InChI is InChI=1S/C22H20N2O3/c1-14-10-11-16-7-5-9-19(22(16)23-14)26-13-21(25)24-15(2)20-12-17-6-3-4-8-18(17)27-20/h3-12,15H,13H2,1-2H3,(H,24,25). The number of nitrogens with one attached hydrogen (secondary N) is 1. The van der Waals surface area contributed by atoms with Crippen LogP contribution in [0.3, 0.4) is 0 Å². The molecule has 2 aromatic heterocycles. The molecule has 27 heavy (non-hydrogen) atoms. The molecule has 4 rings (SSSR count). The van der Waals surface area contributed by atoms with Gasteiger partial charge in [0.25, 0.3) is 5.91 Å². The Hall–Kier alpha value is -3.34. The summed E-state index contributed by atoms with van der Waals surface area (Å²) in [4.78, 5) is 16.8. The van der Waals surface area contributed by atoms with Crippen LogP contribution in [0, 0.1) is 6.92 Å². The number of fused-ring (bicyclic) bond motifs is 2. The summed E-state index contributed by atoms with van der Waals surface area (Å²) in [7, 11) is 0. The highest BCUT2D eigenvalue weighted by Gasteiger charge is 2.15. The van der Waals surface area contributed by atoms with Gasteiger partial charge in [-0.2, -0.15) is 0 Å². The van der Waals surface area contributed by atoms with Crippen molar-refractivity contribution in [1.29, 1.82) is 0 Å². The van der Waals surface area contributed by atoms with Crippen LogP contribution in [0.2, 0.25) is 0 Å². The number of para-hydroxylation sites is 2. The highest BCUT2D eigenvalue weighted by molar-refractivity contribution is 5.85. The molecule has 4 aromatic rings. The van der Waals surface area contributed by atoms with Gasteiger partial charge in [-0.05, 0) is 38.1 Å². The van der Waals surface area contributed by atoms with E-state index in [9.17, 15) is 4.79 Å². The molecule has 0 aliphatic rings. The molecule has 5 heteroatoms. The van der Waals surface area contributed by atoms with Gasteiger partial charge in [0.05, 0.1) is 6.04 Å². The molecule has 0 saturated carbocycles. The van der Waals surface area contributed by atoms with Crippen LogP contribution in [0.15, 0.2) is 65.1 Å². The Balaban J connectivity index is 1.43. The van der Waals surface area contributed by atoms with Crippen molar-refractivity contribution in [2.24, 2.45) is 0 Å². The monoisotopic (exact) mass is 360 g/mol. The minimum absolute atomic E-state index is 0.0840. The Morgan fingerprint density at radius 1 is 1.11 bits per heavy atom. The Morgan fingerprint density at radius 2 is 1.93 bits per heavy atom. The maximum Gasteiger partial charge on any atom is 0.258 e. The van der Waals surface area contributed by atoms with Gasteiger partial charge < -0.3 is 14.5 Å². The highest BCUT2D eigenvalue weighted by atomic mass is 16.5. The van der Waals surface area contributed by atoms with Crippen LogP contribution in [-0.2, 0) is 4.79 Å². The number of hydrogen-bond donors (Lipinski definition) is 1. The van der Waals surface area contributed by atoms with Crippen molar-refractivity contribution < 1.29 is 13.9 Å². The lowest BCUT2D eigenvalue weighted by atomic mass is 10.2. The first kappa shape index (κ1) is 17.1. The van der Waals surface area contributed by atoms with Gasteiger partial charge in [0, 0.05) is 16.5 Å². The maximum absolute atomic E-state index is 12.3. The van der Waals surface area contributed by atoms with Crippen molar-refractivity contribution >= 4 is 27.8 Å². The van der Waals surface area contributed by atoms with Gasteiger partial charge in [0.2, 0.25) is 0 Å². The summed E-state index contributed by atoms with van der Waals surface area (Å²) < 4.78 is 11.5. The molecule has 0 fully saturated rings. The van der Waals surface area contributed by atoms with Gasteiger partial charge >= 0.3 is 0 Å². The fourth-order valence-electron chi connectivity index (χ4n) is 3.05. The van der Waals surface area contributed by atoms with Crippen molar-refractivity contribution in [1.82, 2.24) is 10.3 Å². The van der Waals surface area contributed by atoms with Crippen LogP contribution < -0.4 is 10.1 Å². The van der Waals surface area contributed by atoms with E-state index < -0.39 is 0 Å². The molecule has 1 amide bonds. The zero-order valence-electron chi connectivity index (χ0n) is 15.2. The molecule has 136 valence electrons. The molecule has 0 aliphatic carbocycles. The van der Waals surface area contributed by atoms with E-state index in [1.807, 2.05) is 74.5 Å². The second-order valence-corrected chi connectivity index (χ2v) is 6.54. The second-order valence-electron chi connectivity index (χ2n) is 6.54. The number of hydrogen-bond acceptors (Lipinski definition) is 4. The number of aryl methyl sites for hydroxylation is 1. The van der Waals surface area contributed by atoms with Crippen LogP contribution in [0.25, 0.3) is 21.9 Å². The Kier molecular flexibility index (Phi) is 4.50. The fourth-order valence-corrected chi connectivity index (χ4v) is 3.05. The minimum Gasteiger partial charge on any atom is -0.481 e. The van der Waals surface area contributed by atoms with E-state index in [1.54, 1.807) is 0 Å². The number of ether oxygens (including phenoxy) is 1. The summed E-state index contributed by atoms with van der Waals surface area (Å²) in [5, 5.41) is 4.91. The van der Waals surface area contributed by atoms with Crippen LogP contribution >= 0.6 is 0 Å². The highest BCUT2D eigenvalue weighted by Crippen LogP contribution is 2.25. The van der Waals surface area contributed by atoms with E-state index in [0.29, 0.717) is 11.5 Å². The van der Waals surface area contributed by atoms with Crippen LogP contribution in [0.4, 0.5) is 0 Å². The quantitative estimate of drug-likeness (QED) is 0.567. The molecule has 0 bridgehead atoms. The normalized spacial score (nSPS) is 12.2. The van der Waals surface area contributed by atoms with Crippen LogP contribution in [-0.4, -0.2) is 17.5 Å². The first-order valence-electron chi connectivity index (χ1n) is 8.87. The topological polar surface area (TPSA) is 64.4 Å². The average Bonchev–Trinajstić information content (AvgIpc) is 3.11. The third-order valence-corrected chi connectivity index (χ3v) is 4.43. The third-order valence-electron chi connectivity index (χ3n) is 4.43. The molecule has 2 heterocycles. The minimum atomic E-state index is -0.249. The predicted octanol–water partition coefficient (Wildman–Crippen LogP) is 4.55.